The van der Waals surface area contributed by atoms with Gasteiger partial charge in [0.15, 0.2) is 0 Å². The van der Waals surface area contributed by atoms with Crippen molar-refractivity contribution in [1.29, 1.82) is 0 Å². The lowest BCUT2D eigenvalue weighted by Gasteiger charge is -2.24. The molecule has 0 saturated carbocycles. The molecule has 0 aliphatic rings. The lowest BCUT2D eigenvalue weighted by atomic mass is 9.88. The molecule has 2 rings (SSSR count). The van der Waals surface area contributed by atoms with E-state index in [9.17, 15) is 18.0 Å². The molecule has 0 radical (unpaired) electrons. The molecule has 0 amide bonds. The number of hydrogen-bond donors (Lipinski definition) is 4. The summed E-state index contributed by atoms with van der Waals surface area (Å²) in [6, 6.07) is 3.95. The molecule has 0 aliphatic heterocycles. The van der Waals surface area contributed by atoms with E-state index in [2.05, 4.69) is 14.7 Å². The number of aliphatic hydroxyl groups excluding tert-OH is 1. The van der Waals surface area contributed by atoms with Crippen LogP contribution in [0.15, 0.2) is 32.7 Å². The molecule has 0 bridgehead atoms. The largest absolute Gasteiger partial charge is 0.396 e. The number of H-pyrrole nitrogens is 2. The normalized spacial score (nSPS) is 12.6. The van der Waals surface area contributed by atoms with Gasteiger partial charge in [-0.3, -0.25) is 9.78 Å². The monoisotopic (exact) mass is 355 g/mol. The maximum atomic E-state index is 12.4. The Morgan fingerprint density at radius 2 is 1.92 bits per heavy atom. The van der Waals surface area contributed by atoms with Gasteiger partial charge in [-0.2, -0.15) is 0 Å². The molecule has 0 saturated heterocycles. The molecule has 1 heterocycles. The van der Waals surface area contributed by atoms with Gasteiger partial charge >= 0.3 is 5.69 Å². The first-order valence-electron chi connectivity index (χ1n) is 7.51. The third-order valence-electron chi connectivity index (χ3n) is 3.77. The summed E-state index contributed by atoms with van der Waals surface area (Å²) in [7, 11) is -3.79. The first-order valence-corrected chi connectivity index (χ1v) is 9.00. The minimum absolute atomic E-state index is 0.0505. The maximum Gasteiger partial charge on any atom is 0.326 e. The molecule has 132 valence electrons. The topological polar surface area (TPSA) is 132 Å². The summed E-state index contributed by atoms with van der Waals surface area (Å²) in [5, 5.41) is 8.98. The van der Waals surface area contributed by atoms with Crippen LogP contribution in [0.3, 0.4) is 0 Å². The van der Waals surface area contributed by atoms with Gasteiger partial charge in [-0.1, -0.05) is 13.8 Å². The number of rotatable bonds is 7. The third kappa shape index (κ3) is 4.31. The highest BCUT2D eigenvalue weighted by Crippen LogP contribution is 2.22. The third-order valence-corrected chi connectivity index (χ3v) is 5.17. The fourth-order valence-electron chi connectivity index (χ4n) is 2.33. The van der Waals surface area contributed by atoms with Crippen molar-refractivity contribution in [2.75, 3.05) is 13.2 Å². The number of fused-ring (bicyclic) bond motifs is 1. The van der Waals surface area contributed by atoms with E-state index in [1.165, 1.54) is 18.2 Å². The molecule has 0 unspecified atom stereocenters. The van der Waals surface area contributed by atoms with Crippen molar-refractivity contribution in [2.45, 2.75) is 31.6 Å². The van der Waals surface area contributed by atoms with E-state index < -0.39 is 21.3 Å². The standard InChI is InChI=1S/C15H21N3O5S/c1-15(2,6-3-7-19)9-16-24(22,23)10-4-5-12-11(8-10)13(20)18-14(21)17-12/h4-5,8,16,19H,3,6-7,9H2,1-2H3,(H2,17,18,20,21). The Labute approximate surface area is 139 Å². The quantitative estimate of drug-likeness (QED) is 0.567. The van der Waals surface area contributed by atoms with Gasteiger partial charge in [-0.25, -0.2) is 17.9 Å². The second-order valence-corrected chi connectivity index (χ2v) is 8.20. The Kier molecular flexibility index (Phi) is 5.26. The minimum atomic E-state index is -3.79. The summed E-state index contributed by atoms with van der Waals surface area (Å²) >= 11 is 0. The highest BCUT2D eigenvalue weighted by atomic mass is 32.2. The molecule has 1 aromatic carbocycles. The van der Waals surface area contributed by atoms with E-state index in [-0.39, 0.29) is 34.4 Å². The molecular formula is C15H21N3O5S. The van der Waals surface area contributed by atoms with Crippen LogP contribution in [0.2, 0.25) is 0 Å². The SMILES string of the molecule is CC(C)(CCCO)CNS(=O)(=O)c1ccc2[nH]c(=O)[nH]c(=O)c2c1. The molecule has 8 nitrogen and oxygen atoms in total. The maximum absolute atomic E-state index is 12.4. The van der Waals surface area contributed by atoms with Crippen LogP contribution in [0.5, 0.6) is 0 Å². The summed E-state index contributed by atoms with van der Waals surface area (Å²) in [6.07, 6.45) is 1.26. The van der Waals surface area contributed by atoms with Gasteiger partial charge in [0.05, 0.1) is 15.8 Å². The number of hydrogen-bond acceptors (Lipinski definition) is 5. The number of aromatic amines is 2. The molecule has 2 aromatic rings. The molecule has 1 aromatic heterocycles. The highest BCUT2D eigenvalue weighted by Gasteiger charge is 2.22. The van der Waals surface area contributed by atoms with Crippen LogP contribution in [0, 0.1) is 5.41 Å². The number of sulfonamides is 1. The predicted molar refractivity (Wildman–Crippen MR) is 90.5 cm³/mol. The van der Waals surface area contributed by atoms with Gasteiger partial charge < -0.3 is 10.1 Å². The lowest BCUT2D eigenvalue weighted by molar-refractivity contribution is 0.242. The molecule has 0 aliphatic carbocycles. The smallest absolute Gasteiger partial charge is 0.326 e. The molecular weight excluding hydrogens is 334 g/mol. The highest BCUT2D eigenvalue weighted by molar-refractivity contribution is 7.89. The fourth-order valence-corrected chi connectivity index (χ4v) is 3.60. The van der Waals surface area contributed by atoms with E-state index in [0.29, 0.717) is 12.8 Å². The van der Waals surface area contributed by atoms with Gasteiger partial charge in [0.2, 0.25) is 10.0 Å². The molecule has 24 heavy (non-hydrogen) atoms. The van der Waals surface area contributed by atoms with Crippen LogP contribution in [0.25, 0.3) is 10.9 Å². The van der Waals surface area contributed by atoms with Crippen molar-refractivity contribution in [3.63, 3.8) is 0 Å². The van der Waals surface area contributed by atoms with Crippen LogP contribution in [0.1, 0.15) is 26.7 Å². The Balaban J connectivity index is 2.28. The summed E-state index contributed by atoms with van der Waals surface area (Å²) in [6.45, 7) is 4.07. The van der Waals surface area contributed by atoms with E-state index in [1.54, 1.807) is 0 Å². The Hall–Kier alpha value is -1.97. The van der Waals surface area contributed by atoms with Crippen LogP contribution in [0.4, 0.5) is 0 Å². The van der Waals surface area contributed by atoms with E-state index >= 15 is 0 Å². The number of aliphatic hydroxyl groups is 1. The van der Waals surface area contributed by atoms with E-state index in [0.717, 1.165) is 0 Å². The van der Waals surface area contributed by atoms with Crippen LogP contribution in [-0.4, -0.2) is 36.6 Å². The first kappa shape index (κ1) is 18.4. The van der Waals surface area contributed by atoms with Crippen molar-refractivity contribution in [2.24, 2.45) is 5.41 Å². The van der Waals surface area contributed by atoms with Crippen molar-refractivity contribution in [3.8, 4) is 0 Å². The number of nitrogens with one attached hydrogen (secondary N) is 3. The van der Waals surface area contributed by atoms with E-state index in [1.807, 2.05) is 13.8 Å². The van der Waals surface area contributed by atoms with Crippen molar-refractivity contribution in [3.05, 3.63) is 39.0 Å². The fraction of sp³-hybridized carbons (Fsp3) is 0.467. The van der Waals surface area contributed by atoms with Crippen LogP contribution >= 0.6 is 0 Å². The zero-order valence-corrected chi connectivity index (χ0v) is 14.4. The van der Waals surface area contributed by atoms with Crippen molar-refractivity contribution >= 4 is 20.9 Å². The number of benzene rings is 1. The average Bonchev–Trinajstić information content (AvgIpc) is 2.51. The zero-order chi connectivity index (χ0) is 18.0. The van der Waals surface area contributed by atoms with Gasteiger partial charge in [0.25, 0.3) is 5.56 Å². The van der Waals surface area contributed by atoms with Gasteiger partial charge in [0, 0.05) is 13.2 Å². The van der Waals surface area contributed by atoms with Gasteiger partial charge in [-0.05, 0) is 36.5 Å². The summed E-state index contributed by atoms with van der Waals surface area (Å²) in [5.74, 6) is 0. The summed E-state index contributed by atoms with van der Waals surface area (Å²) in [5.41, 5.74) is -1.33. The molecule has 9 heteroatoms. The van der Waals surface area contributed by atoms with Crippen LogP contribution in [-0.2, 0) is 10.0 Å². The molecule has 0 atom stereocenters. The predicted octanol–water partition coefficient (Wildman–Crippen LogP) is 0.293. The second kappa shape index (κ2) is 6.88. The zero-order valence-electron chi connectivity index (χ0n) is 13.5. The minimum Gasteiger partial charge on any atom is -0.396 e. The van der Waals surface area contributed by atoms with E-state index in [4.69, 9.17) is 5.11 Å². The molecule has 0 spiro atoms. The Morgan fingerprint density at radius 1 is 1.21 bits per heavy atom. The second-order valence-electron chi connectivity index (χ2n) is 6.43. The average molecular weight is 355 g/mol. The van der Waals surface area contributed by atoms with Crippen molar-refractivity contribution in [1.82, 2.24) is 14.7 Å². The number of aromatic nitrogens is 2. The molecule has 0 fully saturated rings. The van der Waals surface area contributed by atoms with Gasteiger partial charge in [-0.15, -0.1) is 0 Å². The Bertz CT molecular complexity index is 943. The van der Waals surface area contributed by atoms with Crippen LogP contribution < -0.4 is 16.0 Å². The van der Waals surface area contributed by atoms with Gasteiger partial charge in [0.1, 0.15) is 0 Å². The molecule has 4 N–H and O–H groups in total. The lowest BCUT2D eigenvalue weighted by Crippen LogP contribution is -2.34. The summed E-state index contributed by atoms with van der Waals surface area (Å²) in [4.78, 5) is 27.5. The first-order chi connectivity index (χ1) is 11.1. The van der Waals surface area contributed by atoms with Crippen molar-refractivity contribution < 1.29 is 13.5 Å². The summed E-state index contributed by atoms with van der Waals surface area (Å²) < 4.78 is 27.4. The Morgan fingerprint density at radius 3 is 2.58 bits per heavy atom.